The lowest BCUT2D eigenvalue weighted by Gasteiger charge is -2.11. The highest BCUT2D eigenvalue weighted by Gasteiger charge is 2.11. The Hall–Kier alpha value is -3.67. The minimum atomic E-state index is -0.906. The Morgan fingerprint density at radius 3 is 2.71 bits per heavy atom. The molecular formula is C25H26N4O2. The van der Waals surface area contributed by atoms with Crippen molar-refractivity contribution in [3.05, 3.63) is 77.2 Å². The molecule has 2 heterocycles. The third-order valence-corrected chi connectivity index (χ3v) is 5.69. The fourth-order valence-electron chi connectivity index (χ4n) is 4.02. The second-order valence-corrected chi connectivity index (χ2v) is 7.69. The van der Waals surface area contributed by atoms with E-state index in [-0.39, 0.29) is 0 Å². The van der Waals surface area contributed by atoms with Gasteiger partial charge in [0.15, 0.2) is 0 Å². The van der Waals surface area contributed by atoms with Crippen LogP contribution in [0.15, 0.2) is 54.9 Å². The van der Waals surface area contributed by atoms with Gasteiger partial charge in [-0.2, -0.15) is 0 Å². The van der Waals surface area contributed by atoms with Crippen molar-refractivity contribution in [1.29, 1.82) is 0 Å². The Kier molecular flexibility index (Phi) is 5.71. The zero-order chi connectivity index (χ0) is 22.0. The molecule has 2 aromatic heterocycles. The van der Waals surface area contributed by atoms with Gasteiger partial charge in [0.25, 0.3) is 0 Å². The summed E-state index contributed by atoms with van der Waals surface area (Å²) in [6.45, 7) is 7.78. The first-order chi connectivity index (χ1) is 15.0. The molecule has 0 amide bonds. The second kappa shape index (κ2) is 8.60. The Bertz CT molecular complexity index is 1260. The molecule has 0 unspecified atom stereocenters. The van der Waals surface area contributed by atoms with Crippen LogP contribution in [0.4, 0.5) is 5.82 Å². The monoisotopic (exact) mass is 414 g/mol. The maximum atomic E-state index is 11.4. The summed E-state index contributed by atoms with van der Waals surface area (Å²) in [6.07, 6.45) is 2.18. The van der Waals surface area contributed by atoms with Gasteiger partial charge in [0.1, 0.15) is 12.1 Å². The maximum Gasteiger partial charge on any atom is 0.335 e. The highest BCUT2D eigenvalue weighted by Crippen LogP contribution is 2.24. The summed E-state index contributed by atoms with van der Waals surface area (Å²) in [6, 6.07) is 15.9. The van der Waals surface area contributed by atoms with E-state index in [1.165, 1.54) is 28.5 Å². The fourth-order valence-corrected chi connectivity index (χ4v) is 4.02. The van der Waals surface area contributed by atoms with Crippen LogP contribution >= 0.6 is 0 Å². The number of nitrogens with zero attached hydrogens (tertiary/aromatic N) is 3. The lowest BCUT2D eigenvalue weighted by atomic mass is 10.0. The van der Waals surface area contributed by atoms with Crippen LogP contribution in [-0.2, 0) is 13.0 Å². The molecule has 0 aliphatic carbocycles. The van der Waals surface area contributed by atoms with Gasteiger partial charge in [-0.3, -0.25) is 0 Å². The van der Waals surface area contributed by atoms with Crippen molar-refractivity contribution in [2.24, 2.45) is 0 Å². The number of hydrogen-bond donors (Lipinski definition) is 2. The number of carbonyl (C=O) groups is 1. The number of carboxylic acid groups (broad SMARTS) is 1. The zero-order valence-electron chi connectivity index (χ0n) is 18.0. The molecule has 4 rings (SSSR count). The molecule has 0 saturated carbocycles. The van der Waals surface area contributed by atoms with Gasteiger partial charge in [-0.25, -0.2) is 14.8 Å². The van der Waals surface area contributed by atoms with Gasteiger partial charge in [0.2, 0.25) is 0 Å². The first-order valence-electron chi connectivity index (χ1n) is 10.5. The third kappa shape index (κ3) is 4.14. The van der Waals surface area contributed by atoms with Crippen LogP contribution in [0.1, 0.15) is 34.1 Å². The predicted octanol–water partition coefficient (Wildman–Crippen LogP) is 5.09. The molecule has 158 valence electrons. The van der Waals surface area contributed by atoms with Gasteiger partial charge in [-0.15, -0.1) is 0 Å². The number of benzene rings is 2. The van der Waals surface area contributed by atoms with Crippen LogP contribution in [0.25, 0.3) is 22.2 Å². The molecule has 0 radical (unpaired) electrons. The maximum absolute atomic E-state index is 11.4. The van der Waals surface area contributed by atoms with E-state index < -0.39 is 5.97 Å². The molecule has 0 atom stereocenters. The molecule has 0 spiro atoms. The average molecular weight is 415 g/mol. The van der Waals surface area contributed by atoms with E-state index >= 15 is 0 Å². The number of rotatable bonds is 7. The topological polar surface area (TPSA) is 80.0 Å². The van der Waals surface area contributed by atoms with Gasteiger partial charge in [0, 0.05) is 41.3 Å². The predicted molar refractivity (Wildman–Crippen MR) is 124 cm³/mol. The number of hydrogen-bond acceptors (Lipinski definition) is 4. The number of anilines is 1. The van der Waals surface area contributed by atoms with Crippen LogP contribution in [-0.4, -0.2) is 32.2 Å². The van der Waals surface area contributed by atoms with Crippen LogP contribution in [0.2, 0.25) is 0 Å². The summed E-state index contributed by atoms with van der Waals surface area (Å²) < 4.78 is 2.32. The quantitative estimate of drug-likeness (QED) is 0.440. The lowest BCUT2D eigenvalue weighted by Crippen LogP contribution is -2.12. The Balaban J connectivity index is 1.51. The summed E-state index contributed by atoms with van der Waals surface area (Å²) in [7, 11) is 0. The summed E-state index contributed by atoms with van der Waals surface area (Å²) in [5, 5.41) is 14.0. The molecule has 6 heteroatoms. The fraction of sp³-hybridized carbons (Fsp3) is 0.240. The van der Waals surface area contributed by atoms with Crippen molar-refractivity contribution in [2.45, 2.75) is 33.7 Å². The van der Waals surface area contributed by atoms with E-state index in [4.69, 9.17) is 0 Å². The van der Waals surface area contributed by atoms with Crippen LogP contribution in [0.5, 0.6) is 0 Å². The number of aromatic carboxylic acids is 1. The molecule has 0 fully saturated rings. The van der Waals surface area contributed by atoms with E-state index in [1.54, 1.807) is 12.1 Å². The SMILES string of the molecule is CCc1cc(-c2cc(NCCn3c(C)cc4c(C)cccc43)ncn2)ccc1C(=O)O. The molecule has 6 nitrogen and oxygen atoms in total. The summed E-state index contributed by atoms with van der Waals surface area (Å²) in [5.41, 5.74) is 6.55. The van der Waals surface area contributed by atoms with Crippen molar-refractivity contribution < 1.29 is 9.90 Å². The number of aromatic nitrogens is 3. The first kappa shape index (κ1) is 20.6. The normalized spacial score (nSPS) is 11.1. The van der Waals surface area contributed by atoms with E-state index in [1.807, 2.05) is 19.1 Å². The number of nitrogens with one attached hydrogen (secondary N) is 1. The van der Waals surface area contributed by atoms with Gasteiger partial charge in [-0.1, -0.05) is 25.1 Å². The molecule has 0 saturated heterocycles. The molecule has 0 bridgehead atoms. The van der Waals surface area contributed by atoms with Crippen LogP contribution < -0.4 is 5.32 Å². The molecule has 31 heavy (non-hydrogen) atoms. The molecular weight excluding hydrogens is 388 g/mol. The molecule has 2 aromatic carbocycles. The summed E-state index contributed by atoms with van der Waals surface area (Å²) >= 11 is 0. The van der Waals surface area contributed by atoms with E-state index in [2.05, 4.69) is 58.0 Å². The van der Waals surface area contributed by atoms with Crippen molar-refractivity contribution in [1.82, 2.24) is 14.5 Å². The van der Waals surface area contributed by atoms with Gasteiger partial charge < -0.3 is 15.0 Å². The van der Waals surface area contributed by atoms with Gasteiger partial charge >= 0.3 is 5.97 Å². The van der Waals surface area contributed by atoms with E-state index in [0.717, 1.165) is 35.7 Å². The smallest absolute Gasteiger partial charge is 0.335 e. The van der Waals surface area contributed by atoms with Crippen LogP contribution in [0.3, 0.4) is 0 Å². The standard InChI is InChI=1S/C25H26N4O2/c1-4-18-13-19(8-9-20(18)25(30)31)22-14-24(28-15-27-22)26-10-11-29-17(3)12-21-16(2)6-5-7-23(21)29/h5-9,12-15H,4,10-11H2,1-3H3,(H,30,31)(H,26,27,28). The zero-order valence-corrected chi connectivity index (χ0v) is 18.0. The third-order valence-electron chi connectivity index (χ3n) is 5.69. The van der Waals surface area contributed by atoms with Gasteiger partial charge in [-0.05, 0) is 55.7 Å². The number of aryl methyl sites for hydroxylation is 3. The number of carboxylic acids is 1. The Morgan fingerprint density at radius 2 is 1.94 bits per heavy atom. The van der Waals surface area contributed by atoms with E-state index in [0.29, 0.717) is 12.0 Å². The highest BCUT2D eigenvalue weighted by atomic mass is 16.4. The highest BCUT2D eigenvalue weighted by molar-refractivity contribution is 5.90. The molecule has 4 aromatic rings. The second-order valence-electron chi connectivity index (χ2n) is 7.69. The van der Waals surface area contributed by atoms with E-state index in [9.17, 15) is 9.90 Å². The molecule has 0 aliphatic rings. The lowest BCUT2D eigenvalue weighted by molar-refractivity contribution is 0.0695. The van der Waals surface area contributed by atoms with Crippen molar-refractivity contribution in [3.63, 3.8) is 0 Å². The van der Waals surface area contributed by atoms with Crippen molar-refractivity contribution >= 4 is 22.7 Å². The Labute approximate surface area is 181 Å². The first-order valence-corrected chi connectivity index (χ1v) is 10.5. The number of fused-ring (bicyclic) bond motifs is 1. The average Bonchev–Trinajstić information content (AvgIpc) is 3.10. The van der Waals surface area contributed by atoms with Crippen molar-refractivity contribution in [3.8, 4) is 11.3 Å². The minimum Gasteiger partial charge on any atom is -0.478 e. The minimum absolute atomic E-state index is 0.336. The van der Waals surface area contributed by atoms with Crippen LogP contribution in [0, 0.1) is 13.8 Å². The molecule has 2 N–H and O–H groups in total. The van der Waals surface area contributed by atoms with Gasteiger partial charge in [0.05, 0.1) is 11.3 Å². The van der Waals surface area contributed by atoms with Crippen molar-refractivity contribution in [2.75, 3.05) is 11.9 Å². The summed E-state index contributed by atoms with van der Waals surface area (Å²) in [5.74, 6) is -0.160. The Morgan fingerprint density at radius 1 is 1.10 bits per heavy atom. The largest absolute Gasteiger partial charge is 0.478 e. The molecule has 0 aliphatic heterocycles. The summed E-state index contributed by atoms with van der Waals surface area (Å²) in [4.78, 5) is 20.1.